The largest absolute Gasteiger partial charge is 0.351 e. The molecule has 0 fully saturated rings. The second-order valence-electron chi connectivity index (χ2n) is 4.80. The van der Waals surface area contributed by atoms with Gasteiger partial charge in [0.2, 0.25) is 0 Å². The SMILES string of the molecule is Cn1ccc2cc(Nc3n[nH]c4cccnc34)ccc21. The van der Waals surface area contributed by atoms with Crippen LogP contribution in [-0.4, -0.2) is 19.7 Å². The third-order valence-corrected chi connectivity index (χ3v) is 3.47. The number of hydrogen-bond donors (Lipinski definition) is 2. The summed E-state index contributed by atoms with van der Waals surface area (Å²) in [7, 11) is 2.04. The first-order valence-electron chi connectivity index (χ1n) is 6.42. The van der Waals surface area contributed by atoms with E-state index in [1.165, 1.54) is 10.9 Å². The number of aromatic nitrogens is 4. The Morgan fingerprint density at radius 1 is 1.20 bits per heavy atom. The number of pyridine rings is 1. The number of rotatable bonds is 2. The lowest BCUT2D eigenvalue weighted by molar-refractivity contribution is 0.969. The second-order valence-corrected chi connectivity index (χ2v) is 4.80. The fourth-order valence-electron chi connectivity index (χ4n) is 2.44. The summed E-state index contributed by atoms with van der Waals surface area (Å²) >= 11 is 0. The van der Waals surface area contributed by atoms with Gasteiger partial charge in [-0.25, -0.2) is 0 Å². The fourth-order valence-corrected chi connectivity index (χ4v) is 2.44. The Balaban J connectivity index is 1.76. The topological polar surface area (TPSA) is 58.5 Å². The molecule has 0 aliphatic carbocycles. The van der Waals surface area contributed by atoms with E-state index < -0.39 is 0 Å². The Hall–Kier alpha value is -2.82. The van der Waals surface area contributed by atoms with Gasteiger partial charge in [0.1, 0.15) is 5.52 Å². The highest BCUT2D eigenvalue weighted by molar-refractivity contribution is 5.89. The average Bonchev–Trinajstić information content (AvgIpc) is 3.04. The van der Waals surface area contributed by atoms with Crippen molar-refractivity contribution in [2.75, 3.05) is 5.32 Å². The summed E-state index contributed by atoms with van der Waals surface area (Å²) in [6, 6.07) is 12.2. The molecule has 20 heavy (non-hydrogen) atoms. The number of anilines is 2. The van der Waals surface area contributed by atoms with Gasteiger partial charge < -0.3 is 9.88 Å². The maximum atomic E-state index is 4.34. The van der Waals surface area contributed by atoms with E-state index >= 15 is 0 Å². The minimum atomic E-state index is 0.746. The average molecular weight is 263 g/mol. The molecule has 0 unspecified atom stereocenters. The van der Waals surface area contributed by atoms with Crippen LogP contribution in [-0.2, 0) is 7.05 Å². The van der Waals surface area contributed by atoms with Gasteiger partial charge >= 0.3 is 0 Å². The minimum Gasteiger partial charge on any atom is -0.351 e. The Morgan fingerprint density at radius 3 is 3.10 bits per heavy atom. The van der Waals surface area contributed by atoms with Crippen LogP contribution < -0.4 is 5.32 Å². The van der Waals surface area contributed by atoms with Gasteiger partial charge in [0.25, 0.3) is 0 Å². The maximum Gasteiger partial charge on any atom is 0.178 e. The van der Waals surface area contributed by atoms with Crippen molar-refractivity contribution in [2.45, 2.75) is 0 Å². The Labute approximate surface area is 115 Å². The van der Waals surface area contributed by atoms with Crippen molar-refractivity contribution in [1.82, 2.24) is 19.7 Å². The van der Waals surface area contributed by atoms with Crippen molar-refractivity contribution in [1.29, 1.82) is 0 Å². The van der Waals surface area contributed by atoms with Crippen LogP contribution in [0.1, 0.15) is 0 Å². The monoisotopic (exact) mass is 263 g/mol. The molecule has 0 aliphatic heterocycles. The number of nitrogens with one attached hydrogen (secondary N) is 2. The molecule has 0 spiro atoms. The number of aryl methyl sites for hydroxylation is 1. The molecule has 3 aromatic heterocycles. The molecule has 2 N–H and O–H groups in total. The maximum absolute atomic E-state index is 4.34. The quantitative estimate of drug-likeness (QED) is 0.584. The zero-order chi connectivity index (χ0) is 13.5. The smallest absolute Gasteiger partial charge is 0.178 e. The standard InChI is InChI=1S/C15H13N5/c1-20-8-6-10-9-11(4-5-13(10)20)17-15-14-12(18-19-15)3-2-7-16-14/h2-9H,1H3,(H2,17,18,19). The summed E-state index contributed by atoms with van der Waals surface area (Å²) in [6.07, 6.45) is 3.82. The molecule has 0 saturated heterocycles. The molecule has 5 nitrogen and oxygen atoms in total. The molecule has 1 aromatic carbocycles. The third kappa shape index (κ3) is 1.64. The Morgan fingerprint density at radius 2 is 2.15 bits per heavy atom. The van der Waals surface area contributed by atoms with Crippen molar-refractivity contribution in [3.8, 4) is 0 Å². The highest BCUT2D eigenvalue weighted by Crippen LogP contribution is 2.25. The van der Waals surface area contributed by atoms with E-state index in [9.17, 15) is 0 Å². The lowest BCUT2D eigenvalue weighted by Gasteiger charge is -2.04. The third-order valence-electron chi connectivity index (χ3n) is 3.47. The van der Waals surface area contributed by atoms with Crippen molar-refractivity contribution in [2.24, 2.45) is 7.05 Å². The highest BCUT2D eigenvalue weighted by atomic mass is 15.2. The molecule has 0 radical (unpaired) electrons. The first-order chi connectivity index (χ1) is 9.81. The van der Waals surface area contributed by atoms with Gasteiger partial charge in [-0.1, -0.05) is 0 Å². The van der Waals surface area contributed by atoms with Crippen LogP contribution in [0.2, 0.25) is 0 Å². The van der Waals surface area contributed by atoms with Crippen LogP contribution in [0, 0.1) is 0 Å². The molecule has 0 atom stereocenters. The number of aromatic amines is 1. The lowest BCUT2D eigenvalue weighted by atomic mass is 10.2. The van der Waals surface area contributed by atoms with Crippen molar-refractivity contribution < 1.29 is 0 Å². The lowest BCUT2D eigenvalue weighted by Crippen LogP contribution is -1.92. The summed E-state index contributed by atoms with van der Waals surface area (Å²) in [5.74, 6) is 0.746. The van der Waals surface area contributed by atoms with Crippen LogP contribution in [0.4, 0.5) is 11.5 Å². The summed E-state index contributed by atoms with van der Waals surface area (Å²) < 4.78 is 2.10. The van der Waals surface area contributed by atoms with Gasteiger partial charge in [-0.15, -0.1) is 0 Å². The van der Waals surface area contributed by atoms with E-state index in [2.05, 4.69) is 49.5 Å². The molecule has 0 bridgehead atoms. The van der Waals surface area contributed by atoms with Gasteiger partial charge in [-0.3, -0.25) is 10.1 Å². The predicted molar refractivity (Wildman–Crippen MR) is 80.1 cm³/mol. The van der Waals surface area contributed by atoms with Crippen molar-refractivity contribution in [3.05, 3.63) is 48.8 Å². The van der Waals surface area contributed by atoms with E-state index in [0.29, 0.717) is 0 Å². The Kier molecular flexibility index (Phi) is 2.26. The van der Waals surface area contributed by atoms with E-state index in [4.69, 9.17) is 0 Å². The fraction of sp³-hybridized carbons (Fsp3) is 0.0667. The molecule has 98 valence electrons. The molecule has 4 rings (SSSR count). The molecule has 0 aliphatic rings. The van der Waals surface area contributed by atoms with Gasteiger partial charge in [-0.2, -0.15) is 5.10 Å². The number of benzene rings is 1. The van der Waals surface area contributed by atoms with Crippen LogP contribution in [0.5, 0.6) is 0 Å². The molecular weight excluding hydrogens is 250 g/mol. The first kappa shape index (κ1) is 11.0. The Bertz CT molecular complexity index is 903. The zero-order valence-electron chi connectivity index (χ0n) is 11.0. The second kappa shape index (κ2) is 4.09. The van der Waals surface area contributed by atoms with E-state index in [1.807, 2.05) is 25.2 Å². The number of hydrogen-bond acceptors (Lipinski definition) is 3. The van der Waals surface area contributed by atoms with Crippen molar-refractivity contribution in [3.63, 3.8) is 0 Å². The van der Waals surface area contributed by atoms with E-state index in [1.54, 1.807) is 6.20 Å². The molecular formula is C15H13N5. The van der Waals surface area contributed by atoms with Gasteiger partial charge in [0, 0.05) is 36.0 Å². The zero-order valence-corrected chi connectivity index (χ0v) is 11.0. The summed E-state index contributed by atoms with van der Waals surface area (Å²) in [5, 5.41) is 11.8. The first-order valence-corrected chi connectivity index (χ1v) is 6.42. The van der Waals surface area contributed by atoms with Crippen LogP contribution in [0.15, 0.2) is 48.8 Å². The number of fused-ring (bicyclic) bond motifs is 2. The summed E-state index contributed by atoms with van der Waals surface area (Å²) in [5.41, 5.74) is 3.99. The summed E-state index contributed by atoms with van der Waals surface area (Å²) in [4.78, 5) is 4.34. The minimum absolute atomic E-state index is 0.746. The molecule has 4 aromatic rings. The van der Waals surface area contributed by atoms with Crippen LogP contribution in [0.3, 0.4) is 0 Å². The van der Waals surface area contributed by atoms with E-state index in [0.717, 1.165) is 22.5 Å². The van der Waals surface area contributed by atoms with Crippen LogP contribution in [0.25, 0.3) is 21.9 Å². The van der Waals surface area contributed by atoms with E-state index in [-0.39, 0.29) is 0 Å². The predicted octanol–water partition coefficient (Wildman–Crippen LogP) is 3.19. The molecule has 0 saturated carbocycles. The number of H-pyrrole nitrogens is 1. The van der Waals surface area contributed by atoms with Gasteiger partial charge in [0.15, 0.2) is 5.82 Å². The van der Waals surface area contributed by atoms with Gasteiger partial charge in [0.05, 0.1) is 5.52 Å². The number of nitrogens with zero attached hydrogens (tertiary/aromatic N) is 3. The highest BCUT2D eigenvalue weighted by Gasteiger charge is 2.07. The molecule has 0 amide bonds. The molecule has 5 heteroatoms. The van der Waals surface area contributed by atoms with Crippen molar-refractivity contribution >= 4 is 33.4 Å². The summed E-state index contributed by atoms with van der Waals surface area (Å²) in [6.45, 7) is 0. The van der Waals surface area contributed by atoms with Gasteiger partial charge in [-0.05, 0) is 36.4 Å². The normalized spacial score (nSPS) is 11.2. The molecule has 3 heterocycles. The van der Waals surface area contributed by atoms with Crippen LogP contribution >= 0.6 is 0 Å².